The molecule has 1 aromatic carbocycles. The van der Waals surface area contributed by atoms with Crippen LogP contribution in [0, 0.1) is 11.6 Å². The van der Waals surface area contributed by atoms with Gasteiger partial charge in [-0.3, -0.25) is 4.90 Å². The average Bonchev–Trinajstić information content (AvgIpc) is 2.64. The van der Waals surface area contributed by atoms with Gasteiger partial charge >= 0.3 is 12.0 Å². The zero-order chi connectivity index (χ0) is 19.6. The quantitative estimate of drug-likeness (QED) is 0.456. The fourth-order valence-corrected chi connectivity index (χ4v) is 3.10. The van der Waals surface area contributed by atoms with Crippen LogP contribution in [0.15, 0.2) is 30.3 Å². The Balaban J connectivity index is 1.56. The number of rotatable bonds is 4. The van der Waals surface area contributed by atoms with Gasteiger partial charge in [0.1, 0.15) is 6.04 Å². The third kappa shape index (κ3) is 4.65. The highest BCUT2D eigenvalue weighted by Crippen LogP contribution is 2.28. The Bertz CT molecular complexity index is 811. The van der Waals surface area contributed by atoms with Crippen LogP contribution in [0.2, 0.25) is 0 Å². The van der Waals surface area contributed by atoms with E-state index < -0.39 is 23.5 Å². The second-order valence-corrected chi connectivity index (χ2v) is 6.50. The molecule has 0 atom stereocenters. The summed E-state index contributed by atoms with van der Waals surface area (Å²) in [7, 11) is 0. The van der Waals surface area contributed by atoms with Crippen molar-refractivity contribution in [2.24, 2.45) is 0 Å². The molecule has 1 fully saturated rings. The van der Waals surface area contributed by atoms with Crippen LogP contribution in [0.1, 0.15) is 24.1 Å². The van der Waals surface area contributed by atoms with Gasteiger partial charge in [0, 0.05) is 38.5 Å². The van der Waals surface area contributed by atoms with Crippen molar-refractivity contribution < 1.29 is 26.5 Å². The molecule has 0 aliphatic carbocycles. The van der Waals surface area contributed by atoms with Gasteiger partial charge in [-0.2, -0.15) is 13.2 Å². The number of benzene rings is 1. The van der Waals surface area contributed by atoms with E-state index in [-0.39, 0.29) is 11.9 Å². The third-order valence-electron chi connectivity index (χ3n) is 4.62. The van der Waals surface area contributed by atoms with Gasteiger partial charge in [0.05, 0.1) is 11.8 Å². The summed E-state index contributed by atoms with van der Waals surface area (Å²) in [5, 5.41) is 6.85. The molecule has 0 N–H and O–H groups in total. The molecule has 1 saturated heterocycles. The van der Waals surface area contributed by atoms with Crippen LogP contribution in [0.25, 0.3) is 0 Å². The lowest BCUT2D eigenvalue weighted by atomic mass is 10.0. The Morgan fingerprint density at radius 1 is 1.04 bits per heavy atom. The molecule has 144 valence electrons. The summed E-state index contributed by atoms with van der Waals surface area (Å²) in [4.78, 5) is 2.11. The summed E-state index contributed by atoms with van der Waals surface area (Å²) in [6.07, 6.45) is -3.09. The summed E-state index contributed by atoms with van der Waals surface area (Å²) in [5.74, 6) is -1.46. The Morgan fingerprint density at radius 2 is 1.74 bits per heavy atom. The van der Waals surface area contributed by atoms with Crippen LogP contribution in [-0.4, -0.2) is 45.5 Å². The summed E-state index contributed by atoms with van der Waals surface area (Å²) >= 11 is 0. The molecule has 27 heavy (non-hydrogen) atoms. The molecular weight excluding hydrogens is 367 g/mol. The molecule has 3 rings (SSSR count). The molecule has 0 spiro atoms. The van der Waals surface area contributed by atoms with E-state index in [1.165, 1.54) is 12.1 Å². The normalized spacial score (nSPS) is 16.5. The maximum Gasteiger partial charge on any atom is 0.437 e. The van der Waals surface area contributed by atoms with E-state index >= 15 is 0 Å². The number of hydrogen-bond acceptors (Lipinski definition) is 3. The number of aromatic nitrogens is 2. The standard InChI is InChI=1S/C18H18F5N4/c1-26(17-5-4-16(24-25-17)18(21,22)23)13-6-8-27(9-7-13)11-12-2-3-14(19)15(20)10-12/h2-5,10,13H,1,6-9,11H2/q+1. The van der Waals surface area contributed by atoms with E-state index in [1.54, 1.807) is 10.6 Å². The topological polar surface area (TPSA) is 32.0 Å². The first-order chi connectivity index (χ1) is 12.7. The molecule has 0 amide bonds. The van der Waals surface area contributed by atoms with Crippen LogP contribution >= 0.6 is 0 Å². The van der Waals surface area contributed by atoms with E-state index in [4.69, 9.17) is 0 Å². The van der Waals surface area contributed by atoms with E-state index in [0.717, 1.165) is 25.0 Å². The number of alkyl halides is 3. The largest absolute Gasteiger partial charge is 0.437 e. The highest BCUT2D eigenvalue weighted by Gasteiger charge is 2.35. The lowest BCUT2D eigenvalue weighted by Gasteiger charge is -2.31. The molecule has 0 radical (unpaired) electrons. The predicted molar refractivity (Wildman–Crippen MR) is 88.7 cm³/mol. The highest BCUT2D eigenvalue weighted by molar-refractivity contribution is 5.26. The van der Waals surface area contributed by atoms with Crippen LogP contribution in [-0.2, 0) is 12.7 Å². The van der Waals surface area contributed by atoms with Gasteiger partial charge in [-0.25, -0.2) is 13.4 Å². The van der Waals surface area contributed by atoms with Gasteiger partial charge in [-0.15, -0.1) is 0 Å². The molecule has 4 nitrogen and oxygen atoms in total. The van der Waals surface area contributed by atoms with E-state index in [1.807, 2.05) is 0 Å². The predicted octanol–water partition coefficient (Wildman–Crippen LogP) is 3.78. The Labute approximate surface area is 153 Å². The minimum atomic E-state index is -4.53. The lowest BCUT2D eigenvalue weighted by Crippen LogP contribution is -2.39. The van der Waals surface area contributed by atoms with Crippen LogP contribution in [0.4, 0.5) is 27.8 Å². The monoisotopic (exact) mass is 385 g/mol. The van der Waals surface area contributed by atoms with E-state index in [9.17, 15) is 22.0 Å². The number of nitrogens with zero attached hydrogens (tertiary/aromatic N) is 4. The maximum absolute atomic E-state index is 13.3. The summed E-state index contributed by atoms with van der Waals surface area (Å²) in [6.45, 7) is 5.79. The van der Waals surface area contributed by atoms with Crippen molar-refractivity contribution in [2.75, 3.05) is 13.1 Å². The summed E-state index contributed by atoms with van der Waals surface area (Å²) in [5.41, 5.74) is -0.353. The summed E-state index contributed by atoms with van der Waals surface area (Å²) in [6, 6.07) is 6.01. The molecule has 2 heterocycles. The second-order valence-electron chi connectivity index (χ2n) is 6.50. The second kappa shape index (κ2) is 7.67. The highest BCUT2D eigenvalue weighted by atomic mass is 19.4. The molecule has 0 saturated carbocycles. The average molecular weight is 385 g/mol. The van der Waals surface area contributed by atoms with Gasteiger partial charge in [0.2, 0.25) is 0 Å². The van der Waals surface area contributed by atoms with Crippen molar-refractivity contribution in [3.8, 4) is 0 Å². The minimum absolute atomic E-state index is 0.0113. The zero-order valence-electron chi connectivity index (χ0n) is 14.4. The first kappa shape index (κ1) is 19.3. The number of halogens is 5. The first-order valence-electron chi connectivity index (χ1n) is 8.41. The fraction of sp³-hybridized carbons (Fsp3) is 0.389. The van der Waals surface area contributed by atoms with Gasteiger partial charge in [-0.05, 0) is 28.9 Å². The van der Waals surface area contributed by atoms with Gasteiger partial charge in [-0.1, -0.05) is 6.07 Å². The summed E-state index contributed by atoms with van der Waals surface area (Å²) < 4.78 is 65.6. The molecule has 2 aromatic rings. The third-order valence-corrected chi connectivity index (χ3v) is 4.62. The molecule has 1 aliphatic rings. The zero-order valence-corrected chi connectivity index (χ0v) is 14.4. The Hall–Kier alpha value is -2.42. The molecule has 0 unspecified atom stereocenters. The van der Waals surface area contributed by atoms with Crippen LogP contribution < -0.4 is 0 Å². The fourth-order valence-electron chi connectivity index (χ4n) is 3.10. The first-order valence-corrected chi connectivity index (χ1v) is 8.41. The number of piperidine rings is 1. The van der Waals surface area contributed by atoms with Crippen molar-refractivity contribution in [2.45, 2.75) is 31.6 Å². The van der Waals surface area contributed by atoms with Crippen molar-refractivity contribution in [1.29, 1.82) is 0 Å². The SMILES string of the molecule is C=[N+](c1ccc(C(F)(F)F)nn1)C1CCN(Cc2ccc(F)c(F)c2)CC1. The van der Waals surface area contributed by atoms with E-state index in [2.05, 4.69) is 21.8 Å². The van der Waals surface area contributed by atoms with Crippen molar-refractivity contribution in [3.63, 3.8) is 0 Å². The lowest BCUT2D eigenvalue weighted by molar-refractivity contribution is -0.486. The van der Waals surface area contributed by atoms with Gasteiger partial charge in [0.15, 0.2) is 17.3 Å². The molecule has 0 bridgehead atoms. The number of hydrogen-bond donors (Lipinski definition) is 0. The van der Waals surface area contributed by atoms with Gasteiger partial charge < -0.3 is 0 Å². The smallest absolute Gasteiger partial charge is 0.299 e. The minimum Gasteiger partial charge on any atom is -0.299 e. The van der Waals surface area contributed by atoms with Crippen molar-refractivity contribution >= 4 is 12.5 Å². The molecular formula is C18H18F5N4+. The number of likely N-dealkylation sites (tertiary alicyclic amines) is 1. The maximum atomic E-state index is 13.3. The Morgan fingerprint density at radius 3 is 2.30 bits per heavy atom. The van der Waals surface area contributed by atoms with Crippen molar-refractivity contribution in [1.82, 2.24) is 15.1 Å². The van der Waals surface area contributed by atoms with Crippen LogP contribution in [0.3, 0.4) is 0 Å². The van der Waals surface area contributed by atoms with Crippen LogP contribution in [0.5, 0.6) is 0 Å². The van der Waals surface area contributed by atoms with Gasteiger partial charge in [0.25, 0.3) is 0 Å². The molecule has 1 aromatic heterocycles. The molecule has 1 aliphatic heterocycles. The van der Waals surface area contributed by atoms with Crippen molar-refractivity contribution in [3.05, 3.63) is 53.2 Å². The molecule has 9 heteroatoms. The Kier molecular flexibility index (Phi) is 5.50. The van der Waals surface area contributed by atoms with E-state index in [0.29, 0.717) is 25.2 Å².